The Hall–Kier alpha value is -2.62. The molecule has 0 aromatic heterocycles. The molecule has 1 aliphatic rings. The third kappa shape index (κ3) is 1.32. The molecule has 2 aromatic carbocycles. The van der Waals surface area contributed by atoms with Crippen LogP contribution in [0.15, 0.2) is 58.7 Å². The third-order valence-corrected chi connectivity index (χ3v) is 3.13. The Balaban J connectivity index is 2.40. The Labute approximate surface area is 105 Å². The SMILES string of the molecule is NN=C1c2ccccc2C(=NN)c2ccccc21. The summed E-state index contributed by atoms with van der Waals surface area (Å²) in [5, 5.41) is 7.84. The van der Waals surface area contributed by atoms with E-state index in [4.69, 9.17) is 11.7 Å². The van der Waals surface area contributed by atoms with Gasteiger partial charge >= 0.3 is 0 Å². The summed E-state index contributed by atoms with van der Waals surface area (Å²) < 4.78 is 0. The first-order valence-corrected chi connectivity index (χ1v) is 5.62. The summed E-state index contributed by atoms with van der Waals surface area (Å²) in [5.74, 6) is 11.1. The van der Waals surface area contributed by atoms with Gasteiger partial charge in [0.1, 0.15) is 0 Å². The number of rotatable bonds is 0. The van der Waals surface area contributed by atoms with Gasteiger partial charge in [-0.15, -0.1) is 0 Å². The number of hydrogen-bond donors (Lipinski definition) is 2. The normalized spacial score (nSPS) is 12.7. The van der Waals surface area contributed by atoms with E-state index < -0.39 is 0 Å². The van der Waals surface area contributed by atoms with Crippen molar-refractivity contribution in [3.05, 3.63) is 70.8 Å². The summed E-state index contributed by atoms with van der Waals surface area (Å²) >= 11 is 0. The topological polar surface area (TPSA) is 76.8 Å². The lowest BCUT2D eigenvalue weighted by atomic mass is 9.83. The first-order chi connectivity index (χ1) is 8.86. The van der Waals surface area contributed by atoms with Gasteiger partial charge in [0.15, 0.2) is 0 Å². The highest BCUT2D eigenvalue weighted by Gasteiger charge is 2.25. The van der Waals surface area contributed by atoms with Gasteiger partial charge in [0, 0.05) is 22.3 Å². The molecule has 4 nitrogen and oxygen atoms in total. The molecule has 0 spiro atoms. The highest BCUT2D eigenvalue weighted by atomic mass is 15.1. The van der Waals surface area contributed by atoms with Crippen molar-refractivity contribution in [2.45, 2.75) is 0 Å². The van der Waals surface area contributed by atoms with Crippen molar-refractivity contribution in [3.63, 3.8) is 0 Å². The molecule has 2 aromatic rings. The molecular weight excluding hydrogens is 224 g/mol. The molecule has 4 heteroatoms. The number of hydrazone groups is 2. The summed E-state index contributed by atoms with van der Waals surface area (Å²) in [4.78, 5) is 0. The van der Waals surface area contributed by atoms with E-state index in [1.807, 2.05) is 48.5 Å². The van der Waals surface area contributed by atoms with Crippen LogP contribution in [0.2, 0.25) is 0 Å². The van der Waals surface area contributed by atoms with Gasteiger partial charge in [0.25, 0.3) is 0 Å². The van der Waals surface area contributed by atoms with E-state index in [9.17, 15) is 0 Å². The Morgan fingerprint density at radius 2 is 0.833 bits per heavy atom. The van der Waals surface area contributed by atoms with Crippen LogP contribution in [0.25, 0.3) is 0 Å². The monoisotopic (exact) mass is 236 g/mol. The van der Waals surface area contributed by atoms with Crippen LogP contribution >= 0.6 is 0 Å². The Bertz CT molecular complexity index is 561. The van der Waals surface area contributed by atoms with Gasteiger partial charge in [-0.3, -0.25) is 0 Å². The summed E-state index contributed by atoms with van der Waals surface area (Å²) in [7, 11) is 0. The second-order valence-electron chi connectivity index (χ2n) is 4.05. The fourth-order valence-corrected chi connectivity index (χ4v) is 2.36. The van der Waals surface area contributed by atoms with Crippen LogP contribution in [0.5, 0.6) is 0 Å². The number of hydrogen-bond acceptors (Lipinski definition) is 4. The van der Waals surface area contributed by atoms with Crippen LogP contribution in [0.3, 0.4) is 0 Å². The van der Waals surface area contributed by atoms with Gasteiger partial charge < -0.3 is 11.7 Å². The number of nitrogens with two attached hydrogens (primary N) is 2. The van der Waals surface area contributed by atoms with Crippen molar-refractivity contribution in [2.75, 3.05) is 0 Å². The zero-order valence-corrected chi connectivity index (χ0v) is 9.67. The molecule has 0 unspecified atom stereocenters. The van der Waals surface area contributed by atoms with E-state index in [0.29, 0.717) is 0 Å². The fourth-order valence-electron chi connectivity index (χ4n) is 2.36. The zero-order chi connectivity index (χ0) is 12.5. The second-order valence-corrected chi connectivity index (χ2v) is 4.05. The minimum Gasteiger partial charge on any atom is -0.323 e. The number of fused-ring (bicyclic) bond motifs is 2. The molecule has 0 aliphatic heterocycles. The van der Waals surface area contributed by atoms with E-state index in [-0.39, 0.29) is 0 Å². The van der Waals surface area contributed by atoms with Crippen molar-refractivity contribution < 1.29 is 0 Å². The highest BCUT2D eigenvalue weighted by molar-refractivity contribution is 6.31. The average Bonchev–Trinajstić information content (AvgIpc) is 2.44. The van der Waals surface area contributed by atoms with Gasteiger partial charge in [-0.1, -0.05) is 48.5 Å². The quantitative estimate of drug-likeness (QED) is 0.457. The second kappa shape index (κ2) is 4.00. The molecule has 0 bridgehead atoms. The Kier molecular flexibility index (Phi) is 2.34. The Morgan fingerprint density at radius 3 is 1.06 bits per heavy atom. The van der Waals surface area contributed by atoms with Gasteiger partial charge in [0.05, 0.1) is 11.4 Å². The molecule has 3 rings (SSSR count). The van der Waals surface area contributed by atoms with Gasteiger partial charge in [-0.2, -0.15) is 10.2 Å². The van der Waals surface area contributed by atoms with E-state index in [2.05, 4.69) is 10.2 Å². The van der Waals surface area contributed by atoms with Crippen molar-refractivity contribution in [3.8, 4) is 0 Å². The van der Waals surface area contributed by atoms with Crippen LogP contribution in [0, 0.1) is 0 Å². The first-order valence-electron chi connectivity index (χ1n) is 5.62. The summed E-state index contributed by atoms with van der Waals surface area (Å²) in [6.45, 7) is 0. The van der Waals surface area contributed by atoms with Crippen LogP contribution in [-0.4, -0.2) is 11.4 Å². The smallest absolute Gasteiger partial charge is 0.0984 e. The zero-order valence-electron chi connectivity index (χ0n) is 9.67. The van der Waals surface area contributed by atoms with Crippen LogP contribution in [0.4, 0.5) is 0 Å². The average molecular weight is 236 g/mol. The molecule has 18 heavy (non-hydrogen) atoms. The molecule has 1 aliphatic carbocycles. The molecule has 0 amide bonds. The summed E-state index contributed by atoms with van der Waals surface area (Å²) in [5.41, 5.74) is 5.39. The maximum Gasteiger partial charge on any atom is 0.0984 e. The lowest BCUT2D eigenvalue weighted by molar-refractivity contribution is 1.21. The van der Waals surface area contributed by atoms with E-state index in [1.165, 1.54) is 0 Å². The predicted molar refractivity (Wildman–Crippen MR) is 72.5 cm³/mol. The van der Waals surface area contributed by atoms with Crippen molar-refractivity contribution in [1.29, 1.82) is 0 Å². The molecule has 0 saturated carbocycles. The van der Waals surface area contributed by atoms with Crippen LogP contribution in [-0.2, 0) is 0 Å². The first kappa shape index (κ1) is 10.5. The summed E-state index contributed by atoms with van der Waals surface area (Å²) in [6, 6.07) is 15.7. The fraction of sp³-hybridized carbons (Fsp3) is 0. The molecule has 0 atom stereocenters. The maximum absolute atomic E-state index is 5.54. The maximum atomic E-state index is 5.54. The molecule has 0 saturated heterocycles. The largest absolute Gasteiger partial charge is 0.323 e. The molecule has 0 radical (unpaired) electrons. The number of nitrogens with zero attached hydrogens (tertiary/aromatic N) is 2. The highest BCUT2D eigenvalue weighted by Crippen LogP contribution is 2.27. The summed E-state index contributed by atoms with van der Waals surface area (Å²) in [6.07, 6.45) is 0. The molecular formula is C14H12N4. The van der Waals surface area contributed by atoms with Crippen molar-refractivity contribution in [2.24, 2.45) is 21.9 Å². The minimum absolute atomic E-state index is 0.772. The Morgan fingerprint density at radius 1 is 0.556 bits per heavy atom. The predicted octanol–water partition coefficient (Wildman–Crippen LogP) is 1.42. The van der Waals surface area contributed by atoms with Crippen molar-refractivity contribution >= 4 is 11.4 Å². The van der Waals surface area contributed by atoms with E-state index >= 15 is 0 Å². The van der Waals surface area contributed by atoms with Crippen LogP contribution in [0.1, 0.15) is 22.3 Å². The standard InChI is InChI=1S/C14H12N4/c15-17-13-9-5-1-2-6-10(9)14(18-16)12-8-4-3-7-11(12)13/h1-8H,15-16H2. The third-order valence-electron chi connectivity index (χ3n) is 3.13. The number of benzene rings is 2. The van der Waals surface area contributed by atoms with Crippen LogP contribution < -0.4 is 11.7 Å². The van der Waals surface area contributed by atoms with Gasteiger partial charge in [-0.05, 0) is 0 Å². The molecule has 0 fully saturated rings. The van der Waals surface area contributed by atoms with Crippen molar-refractivity contribution in [1.82, 2.24) is 0 Å². The van der Waals surface area contributed by atoms with Gasteiger partial charge in [-0.25, -0.2) is 0 Å². The lowest BCUT2D eigenvalue weighted by Crippen LogP contribution is -2.23. The minimum atomic E-state index is 0.772. The van der Waals surface area contributed by atoms with E-state index in [1.54, 1.807) is 0 Å². The molecule has 0 heterocycles. The molecule has 4 N–H and O–H groups in total. The molecule has 88 valence electrons. The van der Waals surface area contributed by atoms with Gasteiger partial charge in [0.2, 0.25) is 0 Å². The lowest BCUT2D eigenvalue weighted by Gasteiger charge is -2.21. The van der Waals surface area contributed by atoms with E-state index in [0.717, 1.165) is 33.7 Å².